The standard InChI is InChI=1S/C12H15ClN4O/c1-7-2-3-8(5-14-7)12-16-11(17-18-12)10-4-9(13)6-15-10/h4,6-8,14-15H,2-3,5H2,1H3/t7-,8+/m1/s1. The topological polar surface area (TPSA) is 66.7 Å². The summed E-state index contributed by atoms with van der Waals surface area (Å²) in [6.07, 6.45) is 3.93. The predicted octanol–water partition coefficient (Wildman–Crippen LogP) is 2.57. The number of hydrogen-bond acceptors (Lipinski definition) is 4. The molecule has 96 valence electrons. The van der Waals surface area contributed by atoms with E-state index in [1.54, 1.807) is 12.3 Å². The summed E-state index contributed by atoms with van der Waals surface area (Å²) in [7, 11) is 0. The van der Waals surface area contributed by atoms with Crippen molar-refractivity contribution in [2.75, 3.05) is 6.54 Å². The van der Waals surface area contributed by atoms with Gasteiger partial charge in [-0.1, -0.05) is 16.8 Å². The minimum Gasteiger partial charge on any atom is -0.357 e. The van der Waals surface area contributed by atoms with E-state index in [1.165, 1.54) is 0 Å². The van der Waals surface area contributed by atoms with E-state index in [0.29, 0.717) is 28.7 Å². The van der Waals surface area contributed by atoms with Crippen LogP contribution in [0.1, 0.15) is 31.6 Å². The van der Waals surface area contributed by atoms with Crippen molar-refractivity contribution in [3.05, 3.63) is 23.2 Å². The number of hydrogen-bond donors (Lipinski definition) is 2. The van der Waals surface area contributed by atoms with Gasteiger partial charge < -0.3 is 14.8 Å². The SMILES string of the molecule is C[C@@H]1CC[C@H](c2nc(-c3cc(Cl)c[nH]3)no2)CN1. The van der Waals surface area contributed by atoms with Crippen LogP contribution < -0.4 is 5.32 Å². The first-order chi connectivity index (χ1) is 8.72. The van der Waals surface area contributed by atoms with Crippen molar-refractivity contribution in [3.63, 3.8) is 0 Å². The molecular formula is C12H15ClN4O. The van der Waals surface area contributed by atoms with Gasteiger partial charge in [0.25, 0.3) is 0 Å². The molecule has 0 bridgehead atoms. The lowest BCUT2D eigenvalue weighted by molar-refractivity contribution is 0.301. The van der Waals surface area contributed by atoms with Crippen molar-refractivity contribution in [2.45, 2.75) is 31.7 Å². The second-order valence-corrected chi connectivity index (χ2v) is 5.21. The van der Waals surface area contributed by atoms with Crippen LogP contribution in [0.2, 0.25) is 5.02 Å². The van der Waals surface area contributed by atoms with E-state index in [9.17, 15) is 0 Å². The number of halogens is 1. The summed E-state index contributed by atoms with van der Waals surface area (Å²) in [4.78, 5) is 7.45. The van der Waals surface area contributed by atoms with Gasteiger partial charge in [0.15, 0.2) is 0 Å². The van der Waals surface area contributed by atoms with Crippen molar-refractivity contribution in [2.24, 2.45) is 0 Å². The number of nitrogens with zero attached hydrogens (tertiary/aromatic N) is 2. The zero-order valence-electron chi connectivity index (χ0n) is 10.1. The van der Waals surface area contributed by atoms with Crippen LogP contribution in [0.15, 0.2) is 16.8 Å². The van der Waals surface area contributed by atoms with E-state index in [-0.39, 0.29) is 0 Å². The van der Waals surface area contributed by atoms with Crippen LogP contribution in [-0.2, 0) is 0 Å². The molecule has 0 saturated carbocycles. The smallest absolute Gasteiger partial charge is 0.231 e. The maximum Gasteiger partial charge on any atom is 0.231 e. The summed E-state index contributed by atoms with van der Waals surface area (Å²) in [6.45, 7) is 3.09. The molecule has 1 aliphatic heterocycles. The Morgan fingerprint density at radius 2 is 2.33 bits per heavy atom. The van der Waals surface area contributed by atoms with Gasteiger partial charge in [-0.2, -0.15) is 4.98 Å². The number of rotatable bonds is 2. The summed E-state index contributed by atoms with van der Waals surface area (Å²) in [5.41, 5.74) is 0.784. The fraction of sp³-hybridized carbons (Fsp3) is 0.500. The second-order valence-electron chi connectivity index (χ2n) is 4.77. The van der Waals surface area contributed by atoms with E-state index in [4.69, 9.17) is 16.1 Å². The third-order valence-electron chi connectivity index (χ3n) is 3.34. The maximum atomic E-state index is 5.85. The normalized spacial score (nSPS) is 24.3. The van der Waals surface area contributed by atoms with Crippen LogP contribution in [0.25, 0.3) is 11.5 Å². The molecule has 0 unspecified atom stereocenters. The van der Waals surface area contributed by atoms with Gasteiger partial charge in [-0.25, -0.2) is 0 Å². The average molecular weight is 267 g/mol. The highest BCUT2D eigenvalue weighted by Gasteiger charge is 2.24. The van der Waals surface area contributed by atoms with Gasteiger partial charge in [-0.15, -0.1) is 0 Å². The molecular weight excluding hydrogens is 252 g/mol. The fourth-order valence-corrected chi connectivity index (χ4v) is 2.38. The molecule has 6 heteroatoms. The largest absolute Gasteiger partial charge is 0.357 e. The molecule has 1 fully saturated rings. The summed E-state index contributed by atoms with van der Waals surface area (Å²) in [6, 6.07) is 2.36. The maximum absolute atomic E-state index is 5.85. The van der Waals surface area contributed by atoms with Gasteiger partial charge >= 0.3 is 0 Å². The van der Waals surface area contributed by atoms with Crippen LogP contribution in [0, 0.1) is 0 Å². The number of nitrogens with one attached hydrogen (secondary N) is 2. The molecule has 5 nitrogen and oxygen atoms in total. The molecule has 0 aromatic carbocycles. The molecule has 3 heterocycles. The van der Waals surface area contributed by atoms with Gasteiger partial charge in [0, 0.05) is 18.8 Å². The van der Waals surface area contributed by atoms with Gasteiger partial charge in [0.1, 0.15) is 0 Å². The third-order valence-corrected chi connectivity index (χ3v) is 3.56. The molecule has 2 aromatic heterocycles. The molecule has 2 atom stereocenters. The van der Waals surface area contributed by atoms with E-state index in [0.717, 1.165) is 25.1 Å². The Kier molecular flexibility index (Phi) is 3.09. The van der Waals surface area contributed by atoms with Crippen molar-refractivity contribution < 1.29 is 4.52 Å². The van der Waals surface area contributed by atoms with Crippen LogP contribution in [0.4, 0.5) is 0 Å². The zero-order chi connectivity index (χ0) is 12.5. The van der Waals surface area contributed by atoms with Crippen LogP contribution in [0.5, 0.6) is 0 Å². The predicted molar refractivity (Wildman–Crippen MR) is 68.5 cm³/mol. The Bertz CT molecular complexity index is 528. The Morgan fingerprint density at radius 1 is 1.44 bits per heavy atom. The Balaban J connectivity index is 1.77. The first-order valence-electron chi connectivity index (χ1n) is 6.13. The molecule has 18 heavy (non-hydrogen) atoms. The molecule has 0 radical (unpaired) electrons. The van der Waals surface area contributed by atoms with E-state index in [1.807, 2.05) is 0 Å². The van der Waals surface area contributed by atoms with Crippen LogP contribution in [0.3, 0.4) is 0 Å². The summed E-state index contributed by atoms with van der Waals surface area (Å²) in [5, 5.41) is 8.06. The lowest BCUT2D eigenvalue weighted by atomic mass is 9.95. The van der Waals surface area contributed by atoms with Gasteiger partial charge in [0.2, 0.25) is 11.7 Å². The van der Waals surface area contributed by atoms with E-state index in [2.05, 4.69) is 27.4 Å². The minimum atomic E-state index is 0.313. The van der Waals surface area contributed by atoms with Crippen molar-refractivity contribution in [3.8, 4) is 11.5 Å². The average Bonchev–Trinajstić information content (AvgIpc) is 2.98. The second kappa shape index (κ2) is 4.74. The quantitative estimate of drug-likeness (QED) is 0.877. The summed E-state index contributed by atoms with van der Waals surface area (Å²) >= 11 is 5.85. The summed E-state index contributed by atoms with van der Waals surface area (Å²) in [5.74, 6) is 1.58. The minimum absolute atomic E-state index is 0.313. The molecule has 1 saturated heterocycles. The highest BCUT2D eigenvalue weighted by atomic mass is 35.5. The Hall–Kier alpha value is -1.33. The van der Waals surface area contributed by atoms with Gasteiger partial charge in [0.05, 0.1) is 16.6 Å². The van der Waals surface area contributed by atoms with Crippen LogP contribution in [-0.4, -0.2) is 27.7 Å². The molecule has 3 rings (SSSR count). The number of piperidine rings is 1. The monoisotopic (exact) mass is 266 g/mol. The molecule has 1 aliphatic rings. The number of aromatic nitrogens is 3. The van der Waals surface area contributed by atoms with Crippen LogP contribution >= 0.6 is 11.6 Å². The van der Waals surface area contributed by atoms with Gasteiger partial charge in [-0.05, 0) is 25.8 Å². The van der Waals surface area contributed by atoms with Crippen molar-refractivity contribution in [1.29, 1.82) is 0 Å². The van der Waals surface area contributed by atoms with Crippen molar-refractivity contribution in [1.82, 2.24) is 20.4 Å². The first-order valence-corrected chi connectivity index (χ1v) is 6.51. The third kappa shape index (κ3) is 2.28. The van der Waals surface area contributed by atoms with Crippen molar-refractivity contribution >= 4 is 11.6 Å². The highest BCUT2D eigenvalue weighted by Crippen LogP contribution is 2.26. The number of H-pyrrole nitrogens is 1. The Labute approximate surface area is 110 Å². The zero-order valence-corrected chi connectivity index (χ0v) is 10.9. The first kappa shape index (κ1) is 11.7. The molecule has 2 aromatic rings. The Morgan fingerprint density at radius 3 is 3.00 bits per heavy atom. The fourth-order valence-electron chi connectivity index (χ4n) is 2.22. The molecule has 0 aliphatic carbocycles. The lowest BCUT2D eigenvalue weighted by Gasteiger charge is -2.24. The summed E-state index contributed by atoms with van der Waals surface area (Å²) < 4.78 is 5.34. The van der Waals surface area contributed by atoms with E-state index >= 15 is 0 Å². The highest BCUT2D eigenvalue weighted by molar-refractivity contribution is 6.30. The molecule has 2 N–H and O–H groups in total. The molecule has 0 amide bonds. The lowest BCUT2D eigenvalue weighted by Crippen LogP contribution is -2.35. The van der Waals surface area contributed by atoms with Gasteiger partial charge in [-0.3, -0.25) is 0 Å². The molecule has 0 spiro atoms. The number of aromatic amines is 1. The van der Waals surface area contributed by atoms with E-state index < -0.39 is 0 Å².